The van der Waals surface area contributed by atoms with Gasteiger partial charge >= 0.3 is 37.0 Å². The summed E-state index contributed by atoms with van der Waals surface area (Å²) in [5.74, 6) is 2.40. The van der Waals surface area contributed by atoms with Crippen molar-refractivity contribution in [3.05, 3.63) is 128 Å². The molecule has 35 heavy (non-hydrogen) atoms. The van der Waals surface area contributed by atoms with Crippen LogP contribution < -0.4 is 13.6 Å². The standard InChI is InChI=1S/C18H16O3P.C5H.C2H6O2S.CO.Fe/c1-4-10-16(11-5-1)19-22(20-17-12-6-2-7-13-17)21-18-14-8-3-9-15-18;1-2-4-5-3-1;1-2-5(3)4;1-2;/h1-15,22H;1H;2H2,1H3,(H,3,4);;/q+1;-5;;;+6/p-1. The Morgan fingerprint density at radius 2 is 1.09 bits per heavy atom. The SMILES string of the molecule is CCS(=O)[O-].[C-]#[O+].[Fe+6].[c-]1[c-][c-][cH-][c-]1.c1ccc(O[PH+](Oc2ccccc2)Oc2ccccc2)cc1. The molecule has 0 bridgehead atoms. The van der Waals surface area contributed by atoms with Crippen LogP contribution in [0.3, 0.4) is 0 Å². The zero-order chi connectivity index (χ0) is 24.9. The third-order valence-electron chi connectivity index (χ3n) is 3.42. The molecule has 9 heteroatoms. The van der Waals surface area contributed by atoms with E-state index in [4.69, 9.17) is 18.2 Å². The van der Waals surface area contributed by atoms with E-state index in [1.54, 1.807) is 13.0 Å². The van der Waals surface area contributed by atoms with Crippen LogP contribution in [-0.4, -0.2) is 14.5 Å². The average molecular weight is 549 g/mol. The molecule has 4 rings (SSSR count). The van der Waals surface area contributed by atoms with Gasteiger partial charge in [-0.25, -0.2) is 0 Å². The van der Waals surface area contributed by atoms with E-state index in [0.717, 1.165) is 17.2 Å². The Labute approximate surface area is 221 Å². The molecule has 0 radical (unpaired) electrons. The average Bonchev–Trinajstić information content (AvgIpc) is 3.48. The first kappa shape index (κ1) is 32.2. The van der Waals surface area contributed by atoms with Crippen LogP contribution in [0.4, 0.5) is 0 Å². The Kier molecular flexibility index (Phi) is 20.0. The summed E-state index contributed by atoms with van der Waals surface area (Å²) in [7, 11) is -2.00. The number of para-hydroxylation sites is 3. The van der Waals surface area contributed by atoms with Gasteiger partial charge in [-0.2, -0.15) is 0 Å². The normalized spacial score (nSPS) is 9.74. The predicted molar refractivity (Wildman–Crippen MR) is 130 cm³/mol. The molecular weight excluding hydrogens is 527 g/mol. The molecule has 0 fully saturated rings. The third-order valence-corrected chi connectivity index (χ3v) is 5.10. The molecule has 4 aromatic rings. The fraction of sp³-hybridized carbons (Fsp3) is 0.0769. The van der Waals surface area contributed by atoms with Gasteiger partial charge in [-0.3, -0.25) is 17.8 Å². The first-order valence-electron chi connectivity index (χ1n) is 9.82. The van der Waals surface area contributed by atoms with E-state index in [2.05, 4.69) is 30.9 Å². The molecule has 0 aliphatic heterocycles. The van der Waals surface area contributed by atoms with E-state index in [1.807, 2.05) is 91.0 Å². The molecule has 0 aromatic heterocycles. The molecule has 0 aliphatic rings. The van der Waals surface area contributed by atoms with Gasteiger partial charge in [0, 0.05) is 5.75 Å². The van der Waals surface area contributed by atoms with E-state index in [1.165, 1.54) is 0 Å². The van der Waals surface area contributed by atoms with Crippen LogP contribution in [0.25, 0.3) is 0 Å². The van der Waals surface area contributed by atoms with Gasteiger partial charge in [0.05, 0.1) is 0 Å². The molecule has 1 unspecified atom stereocenters. The largest absolute Gasteiger partial charge is 6.00 e. The van der Waals surface area contributed by atoms with E-state index in [0.29, 0.717) is 0 Å². The molecule has 1 atom stereocenters. The first-order chi connectivity index (χ1) is 16.7. The van der Waals surface area contributed by atoms with Gasteiger partial charge < -0.3 is 34.9 Å². The molecule has 0 heterocycles. The van der Waals surface area contributed by atoms with Crippen LogP contribution in [0.5, 0.6) is 17.2 Å². The minimum Gasteiger partial charge on any atom is -0.999 e. The molecule has 0 N–H and O–H groups in total. The minimum absolute atomic E-state index is 0. The maximum Gasteiger partial charge on any atom is 6.00 e. The minimum atomic E-state index is -2.00. The Balaban J connectivity index is 0.000000740. The van der Waals surface area contributed by atoms with Crippen LogP contribution in [0.1, 0.15) is 6.92 Å². The van der Waals surface area contributed by atoms with Gasteiger partial charge in [-0.15, -0.1) is 0 Å². The topological polar surface area (TPSA) is 87.7 Å². The van der Waals surface area contributed by atoms with Gasteiger partial charge in [-0.05, 0) is 36.4 Å². The Bertz CT molecular complexity index is 903. The summed E-state index contributed by atoms with van der Waals surface area (Å²) in [5, 5.41) is 0. The van der Waals surface area contributed by atoms with Crippen LogP contribution >= 0.6 is 8.60 Å². The van der Waals surface area contributed by atoms with Crippen molar-refractivity contribution in [2.75, 3.05) is 5.75 Å². The number of hydrogen-bond donors (Lipinski definition) is 0. The smallest absolute Gasteiger partial charge is 0.999 e. The molecule has 0 saturated carbocycles. The number of hydrogen-bond acceptors (Lipinski definition) is 5. The van der Waals surface area contributed by atoms with Crippen molar-refractivity contribution in [3.8, 4) is 17.2 Å². The summed E-state index contributed by atoms with van der Waals surface area (Å²) in [5.41, 5.74) is 0. The fourth-order valence-corrected chi connectivity index (χ4v) is 3.11. The zero-order valence-electron chi connectivity index (χ0n) is 18.7. The van der Waals surface area contributed by atoms with Crippen LogP contribution in [0.2, 0.25) is 0 Å². The van der Waals surface area contributed by atoms with Crippen molar-refractivity contribution in [3.63, 3.8) is 0 Å². The van der Waals surface area contributed by atoms with Crippen molar-refractivity contribution in [2.45, 2.75) is 6.92 Å². The van der Waals surface area contributed by atoms with Crippen molar-refractivity contribution in [1.29, 1.82) is 0 Å². The van der Waals surface area contributed by atoms with Gasteiger partial charge in [0.1, 0.15) is 0 Å². The second-order valence-corrected chi connectivity index (χ2v) is 8.07. The molecule has 0 amide bonds. The Hall–Kier alpha value is -2.79. The Morgan fingerprint density at radius 1 is 0.800 bits per heavy atom. The predicted octanol–water partition coefficient (Wildman–Crippen LogP) is 5.63. The van der Waals surface area contributed by atoms with Gasteiger partial charge in [-0.1, -0.05) is 72.6 Å². The number of benzene rings is 3. The van der Waals surface area contributed by atoms with E-state index in [9.17, 15) is 8.76 Å². The summed E-state index contributed by atoms with van der Waals surface area (Å²) >= 11 is -1.82. The van der Waals surface area contributed by atoms with Crippen molar-refractivity contribution in [1.82, 2.24) is 0 Å². The monoisotopic (exact) mass is 549 g/mol. The van der Waals surface area contributed by atoms with Crippen molar-refractivity contribution in [2.24, 2.45) is 0 Å². The fourth-order valence-electron chi connectivity index (χ4n) is 2.00. The maximum absolute atomic E-state index is 9.37. The van der Waals surface area contributed by atoms with Gasteiger partial charge in [0.15, 0.2) is 17.2 Å². The molecule has 0 saturated heterocycles. The third kappa shape index (κ3) is 16.5. The quantitative estimate of drug-likeness (QED) is 0.0980. The van der Waals surface area contributed by atoms with Crippen LogP contribution in [0.15, 0.2) is 97.1 Å². The maximum atomic E-state index is 9.37. The summed E-state index contributed by atoms with van der Waals surface area (Å²) in [6.45, 7) is 6.09. The Morgan fingerprint density at radius 3 is 1.29 bits per heavy atom. The van der Waals surface area contributed by atoms with E-state index < -0.39 is 19.7 Å². The van der Waals surface area contributed by atoms with E-state index in [-0.39, 0.29) is 22.8 Å². The van der Waals surface area contributed by atoms with Crippen LogP contribution in [-0.2, 0) is 32.8 Å². The molecule has 180 valence electrons. The summed E-state index contributed by atoms with van der Waals surface area (Å²) in [6.07, 6.45) is 0. The molecule has 0 spiro atoms. The van der Waals surface area contributed by atoms with Gasteiger partial charge in [0.25, 0.3) is 0 Å². The zero-order valence-corrected chi connectivity index (χ0v) is 21.6. The van der Waals surface area contributed by atoms with Crippen molar-refractivity contribution < 1.29 is 44.1 Å². The molecule has 0 aliphatic carbocycles. The second-order valence-electron chi connectivity index (χ2n) is 5.77. The summed E-state index contributed by atoms with van der Waals surface area (Å²) < 4.78 is 43.9. The summed E-state index contributed by atoms with van der Waals surface area (Å²) in [4.78, 5) is 0. The van der Waals surface area contributed by atoms with E-state index >= 15 is 0 Å². The molecule has 6 nitrogen and oxygen atoms in total. The van der Waals surface area contributed by atoms with Gasteiger partial charge in [0.2, 0.25) is 0 Å². The molecule has 4 aromatic carbocycles. The second kappa shape index (κ2) is 21.7. The number of rotatable bonds is 7. The van der Waals surface area contributed by atoms with Crippen molar-refractivity contribution >= 4 is 19.7 Å². The first-order valence-corrected chi connectivity index (χ1v) is 12.3. The summed E-state index contributed by atoms with van der Waals surface area (Å²) in [6, 6.07) is 40.6. The van der Waals surface area contributed by atoms with Crippen LogP contribution in [0, 0.1) is 30.9 Å². The molecular formula is C26H22FeO6PS+.